The minimum atomic E-state index is -4.67. The van der Waals surface area contributed by atoms with Crippen LogP contribution in [0.1, 0.15) is 10.5 Å². The number of aromatic nitrogens is 2. The highest BCUT2D eigenvalue weighted by molar-refractivity contribution is 8.13. The summed E-state index contributed by atoms with van der Waals surface area (Å²) in [5.41, 5.74) is 4.86. The second-order valence-corrected chi connectivity index (χ2v) is 4.16. The molecular formula is C7H12N4O6S2. The lowest BCUT2D eigenvalue weighted by atomic mass is 10.4. The van der Waals surface area contributed by atoms with Crippen molar-refractivity contribution >= 4 is 33.3 Å². The number of rotatable bonds is 1. The van der Waals surface area contributed by atoms with Crippen LogP contribution in [0, 0.1) is 5.41 Å². The molecule has 0 saturated carbocycles. The van der Waals surface area contributed by atoms with Crippen molar-refractivity contribution in [3.8, 4) is 0 Å². The summed E-state index contributed by atoms with van der Waals surface area (Å²) in [7, 11) is -4.67. The van der Waals surface area contributed by atoms with Crippen molar-refractivity contribution < 1.29 is 27.4 Å². The fourth-order valence-electron chi connectivity index (χ4n) is 0.417. The van der Waals surface area contributed by atoms with E-state index in [-0.39, 0.29) is 10.9 Å². The summed E-state index contributed by atoms with van der Waals surface area (Å²) in [5, 5.41) is 14.9. The monoisotopic (exact) mass is 312 g/mol. The molecule has 0 atom stereocenters. The maximum Gasteiger partial charge on any atom is 0.394 e. The molecule has 0 fully saturated rings. The van der Waals surface area contributed by atoms with Crippen LogP contribution in [-0.2, 0) is 10.4 Å². The number of thioether (sulfide) groups is 1. The SMILES string of the molecule is CSC(=N)N.O=C(O)c1ccncn1.O=S(=O)(O)O. The highest BCUT2D eigenvalue weighted by Gasteiger charge is 1.99. The van der Waals surface area contributed by atoms with Crippen LogP contribution in [0.2, 0.25) is 0 Å². The molecule has 1 aromatic rings. The van der Waals surface area contributed by atoms with Gasteiger partial charge in [-0.15, -0.1) is 0 Å². The molecule has 1 aromatic heterocycles. The Kier molecular flexibility index (Phi) is 10.5. The summed E-state index contributed by atoms with van der Waals surface area (Å²) in [6.45, 7) is 0. The molecular weight excluding hydrogens is 300 g/mol. The molecule has 12 heteroatoms. The average molecular weight is 312 g/mol. The molecule has 6 N–H and O–H groups in total. The van der Waals surface area contributed by atoms with Gasteiger partial charge in [-0.1, -0.05) is 11.8 Å². The Labute approximate surface area is 113 Å². The Hall–Kier alpha value is -1.76. The maximum atomic E-state index is 10.1. The van der Waals surface area contributed by atoms with Crippen LogP contribution in [0.25, 0.3) is 0 Å². The smallest absolute Gasteiger partial charge is 0.394 e. The summed E-state index contributed by atoms with van der Waals surface area (Å²) in [4.78, 5) is 17.1. The van der Waals surface area contributed by atoms with E-state index >= 15 is 0 Å². The number of amidine groups is 1. The third kappa shape index (κ3) is 22.0. The molecule has 0 aliphatic carbocycles. The first-order valence-electron chi connectivity index (χ1n) is 4.15. The summed E-state index contributed by atoms with van der Waals surface area (Å²) in [6.07, 6.45) is 4.35. The highest BCUT2D eigenvalue weighted by Crippen LogP contribution is 1.87. The van der Waals surface area contributed by atoms with Gasteiger partial charge in [-0.2, -0.15) is 8.42 Å². The lowest BCUT2D eigenvalue weighted by Gasteiger charge is -1.86. The van der Waals surface area contributed by atoms with Crippen LogP contribution in [0.3, 0.4) is 0 Å². The molecule has 0 aromatic carbocycles. The molecule has 1 rings (SSSR count). The Morgan fingerprint density at radius 3 is 2.05 bits per heavy atom. The Morgan fingerprint density at radius 1 is 1.47 bits per heavy atom. The Bertz CT molecular complexity index is 484. The summed E-state index contributed by atoms with van der Waals surface area (Å²) < 4.78 is 31.6. The van der Waals surface area contributed by atoms with Gasteiger partial charge in [0.15, 0.2) is 10.9 Å². The number of nitrogens with one attached hydrogen (secondary N) is 1. The predicted molar refractivity (Wildman–Crippen MR) is 68.6 cm³/mol. The lowest BCUT2D eigenvalue weighted by Crippen LogP contribution is -2.01. The number of carbonyl (C=O) groups is 1. The van der Waals surface area contributed by atoms with Gasteiger partial charge in [-0.25, -0.2) is 14.8 Å². The first-order valence-corrected chi connectivity index (χ1v) is 6.77. The quantitative estimate of drug-likeness (QED) is 0.263. The van der Waals surface area contributed by atoms with Gasteiger partial charge in [0, 0.05) is 6.20 Å². The average Bonchev–Trinajstić information content (AvgIpc) is 2.28. The molecule has 0 radical (unpaired) electrons. The fourth-order valence-corrected chi connectivity index (χ4v) is 0.417. The first kappa shape index (κ1) is 19.6. The highest BCUT2D eigenvalue weighted by atomic mass is 32.3. The van der Waals surface area contributed by atoms with Crippen LogP contribution in [0.5, 0.6) is 0 Å². The third-order valence-electron chi connectivity index (χ3n) is 1.02. The van der Waals surface area contributed by atoms with E-state index in [1.54, 1.807) is 6.26 Å². The number of carboxylic acid groups (broad SMARTS) is 1. The van der Waals surface area contributed by atoms with E-state index in [1.165, 1.54) is 30.4 Å². The van der Waals surface area contributed by atoms with Crippen molar-refractivity contribution in [3.63, 3.8) is 0 Å². The molecule has 0 saturated heterocycles. The Balaban J connectivity index is 0. The standard InChI is InChI=1S/C5H4N2O2.C2H6N2S.H2O4S/c8-5(9)4-1-2-6-3-7-4;1-5-2(3)4;1-5(2,3)4/h1-3H,(H,8,9);1H3,(H3,3,4);(H2,1,2,3,4). The van der Waals surface area contributed by atoms with E-state index in [4.69, 9.17) is 33.8 Å². The minimum Gasteiger partial charge on any atom is -0.477 e. The minimum absolute atomic E-state index is 0.0185. The third-order valence-corrected chi connectivity index (χ3v) is 1.46. The molecule has 108 valence electrons. The zero-order valence-electron chi connectivity index (χ0n) is 9.59. The van der Waals surface area contributed by atoms with Gasteiger partial charge in [0.1, 0.15) is 6.33 Å². The second kappa shape index (κ2) is 10.2. The molecule has 0 aliphatic rings. The molecule has 0 amide bonds. The van der Waals surface area contributed by atoms with Crippen LogP contribution in [0.4, 0.5) is 0 Å². The maximum absolute atomic E-state index is 10.1. The zero-order valence-corrected chi connectivity index (χ0v) is 11.2. The van der Waals surface area contributed by atoms with Crippen LogP contribution >= 0.6 is 11.8 Å². The second-order valence-electron chi connectivity index (χ2n) is 2.42. The first-order chi connectivity index (χ1) is 8.57. The van der Waals surface area contributed by atoms with Crippen molar-refractivity contribution in [2.75, 3.05) is 6.26 Å². The van der Waals surface area contributed by atoms with E-state index < -0.39 is 16.4 Å². The van der Waals surface area contributed by atoms with Crippen molar-refractivity contribution in [2.45, 2.75) is 0 Å². The van der Waals surface area contributed by atoms with E-state index in [0.717, 1.165) is 0 Å². The van der Waals surface area contributed by atoms with E-state index in [9.17, 15) is 4.79 Å². The number of nitrogens with zero attached hydrogens (tertiary/aromatic N) is 2. The molecule has 0 unspecified atom stereocenters. The van der Waals surface area contributed by atoms with Gasteiger partial charge >= 0.3 is 16.4 Å². The number of aromatic carboxylic acids is 1. The zero-order chi connectivity index (χ0) is 15.5. The fraction of sp³-hybridized carbons (Fsp3) is 0.143. The van der Waals surface area contributed by atoms with Gasteiger partial charge in [-0.3, -0.25) is 14.5 Å². The topological polar surface area (TPSA) is 188 Å². The molecule has 0 spiro atoms. The predicted octanol–water partition coefficient (Wildman–Crippen LogP) is -0.235. The normalized spacial score (nSPS) is 9.21. The van der Waals surface area contributed by atoms with Gasteiger partial charge in [0.25, 0.3) is 0 Å². The number of nitrogens with two attached hydrogens (primary N) is 1. The van der Waals surface area contributed by atoms with Crippen LogP contribution < -0.4 is 5.73 Å². The van der Waals surface area contributed by atoms with Crippen LogP contribution in [0.15, 0.2) is 18.6 Å². The van der Waals surface area contributed by atoms with Crippen molar-refractivity contribution in [1.82, 2.24) is 9.97 Å². The molecule has 1 heterocycles. The number of hydrogen-bond donors (Lipinski definition) is 5. The molecule has 0 bridgehead atoms. The van der Waals surface area contributed by atoms with Gasteiger partial charge in [0.05, 0.1) is 0 Å². The van der Waals surface area contributed by atoms with Crippen molar-refractivity contribution in [2.24, 2.45) is 5.73 Å². The van der Waals surface area contributed by atoms with E-state index in [1.807, 2.05) is 0 Å². The Morgan fingerprint density at radius 2 is 1.89 bits per heavy atom. The molecule has 10 nitrogen and oxygen atoms in total. The van der Waals surface area contributed by atoms with Gasteiger partial charge in [-0.05, 0) is 12.3 Å². The van der Waals surface area contributed by atoms with Gasteiger partial charge < -0.3 is 10.8 Å². The number of carboxylic acids is 1. The van der Waals surface area contributed by atoms with Crippen LogP contribution in [-0.4, -0.2) is 50.0 Å². The number of hydrogen-bond acceptors (Lipinski definition) is 7. The van der Waals surface area contributed by atoms with E-state index in [0.29, 0.717) is 0 Å². The molecule has 19 heavy (non-hydrogen) atoms. The molecule has 0 aliphatic heterocycles. The van der Waals surface area contributed by atoms with Crippen molar-refractivity contribution in [3.05, 3.63) is 24.3 Å². The van der Waals surface area contributed by atoms with Crippen molar-refractivity contribution in [1.29, 1.82) is 5.41 Å². The largest absolute Gasteiger partial charge is 0.477 e. The summed E-state index contributed by atoms with van der Waals surface area (Å²) >= 11 is 1.24. The summed E-state index contributed by atoms with van der Waals surface area (Å²) in [5.74, 6) is -1.03. The summed E-state index contributed by atoms with van der Waals surface area (Å²) in [6, 6.07) is 1.34. The van der Waals surface area contributed by atoms with E-state index in [2.05, 4.69) is 9.97 Å². The lowest BCUT2D eigenvalue weighted by molar-refractivity contribution is 0.0690. The van der Waals surface area contributed by atoms with Gasteiger partial charge in [0.2, 0.25) is 0 Å².